The van der Waals surface area contributed by atoms with Crippen molar-refractivity contribution in [2.24, 2.45) is 11.1 Å². The summed E-state index contributed by atoms with van der Waals surface area (Å²) in [5.41, 5.74) is 13.9. The zero-order valence-corrected chi connectivity index (χ0v) is 13.8. The fourth-order valence-electron chi connectivity index (χ4n) is 4.12. The first kappa shape index (κ1) is 15.6. The summed E-state index contributed by atoms with van der Waals surface area (Å²) < 4.78 is 0. The van der Waals surface area contributed by atoms with Crippen molar-refractivity contribution in [3.05, 3.63) is 33.9 Å². The highest BCUT2D eigenvalue weighted by Gasteiger charge is 2.32. The van der Waals surface area contributed by atoms with Crippen LogP contribution in [-0.4, -0.2) is 6.54 Å². The van der Waals surface area contributed by atoms with Gasteiger partial charge in [-0.2, -0.15) is 0 Å². The van der Waals surface area contributed by atoms with Gasteiger partial charge in [-0.1, -0.05) is 18.9 Å². The van der Waals surface area contributed by atoms with E-state index < -0.39 is 0 Å². The Morgan fingerprint density at radius 2 is 1.50 bits per heavy atom. The van der Waals surface area contributed by atoms with E-state index in [2.05, 4.69) is 33.8 Å². The third-order valence-electron chi connectivity index (χ3n) is 5.77. The maximum absolute atomic E-state index is 5.87. The number of hydrogen-bond donors (Lipinski definition) is 1. The average molecular weight is 273 g/mol. The van der Waals surface area contributed by atoms with Crippen LogP contribution >= 0.6 is 0 Å². The highest BCUT2D eigenvalue weighted by Crippen LogP contribution is 2.44. The van der Waals surface area contributed by atoms with Crippen LogP contribution in [0.4, 0.5) is 0 Å². The molecule has 0 aromatic heterocycles. The maximum atomic E-state index is 5.87. The van der Waals surface area contributed by atoms with Gasteiger partial charge in [0, 0.05) is 0 Å². The van der Waals surface area contributed by atoms with E-state index in [1.165, 1.54) is 67.2 Å². The summed E-state index contributed by atoms with van der Waals surface area (Å²) in [5, 5.41) is 0. The van der Waals surface area contributed by atoms with E-state index in [0.29, 0.717) is 5.41 Å². The third kappa shape index (κ3) is 3.09. The van der Waals surface area contributed by atoms with Gasteiger partial charge in [-0.25, -0.2) is 0 Å². The van der Waals surface area contributed by atoms with Gasteiger partial charge >= 0.3 is 0 Å². The molecule has 0 saturated heterocycles. The van der Waals surface area contributed by atoms with Crippen LogP contribution in [0, 0.1) is 33.1 Å². The standard InChI is InChI=1S/C19H31N/c1-14-13-15(2)17(4)18(16(14)3)7-10-19(11-12-20)8-5-6-9-19/h13H,5-12,20H2,1-4H3. The lowest BCUT2D eigenvalue weighted by atomic mass is 9.76. The van der Waals surface area contributed by atoms with Crippen LogP contribution in [0.3, 0.4) is 0 Å². The molecule has 0 radical (unpaired) electrons. The normalized spacial score (nSPS) is 17.6. The van der Waals surface area contributed by atoms with Gasteiger partial charge in [0.15, 0.2) is 0 Å². The fourth-order valence-corrected chi connectivity index (χ4v) is 4.12. The number of rotatable bonds is 5. The lowest BCUT2D eigenvalue weighted by Gasteiger charge is -2.29. The maximum Gasteiger partial charge on any atom is -0.00720 e. The van der Waals surface area contributed by atoms with Crippen LogP contribution in [0.15, 0.2) is 6.07 Å². The number of aryl methyl sites for hydroxylation is 2. The number of benzene rings is 1. The van der Waals surface area contributed by atoms with Crippen molar-refractivity contribution in [3.63, 3.8) is 0 Å². The lowest BCUT2D eigenvalue weighted by Crippen LogP contribution is -2.22. The molecule has 0 aliphatic heterocycles. The molecular weight excluding hydrogens is 242 g/mol. The van der Waals surface area contributed by atoms with Gasteiger partial charge in [0.1, 0.15) is 0 Å². The molecule has 0 amide bonds. The van der Waals surface area contributed by atoms with Crippen LogP contribution in [0.2, 0.25) is 0 Å². The Morgan fingerprint density at radius 1 is 0.950 bits per heavy atom. The van der Waals surface area contributed by atoms with E-state index in [1.54, 1.807) is 5.56 Å². The minimum atomic E-state index is 0.547. The van der Waals surface area contributed by atoms with Crippen molar-refractivity contribution >= 4 is 0 Å². The van der Waals surface area contributed by atoms with E-state index in [0.717, 1.165) is 6.54 Å². The second-order valence-electron chi connectivity index (χ2n) is 6.98. The van der Waals surface area contributed by atoms with Crippen molar-refractivity contribution in [2.75, 3.05) is 6.54 Å². The molecule has 0 spiro atoms. The molecule has 0 unspecified atom stereocenters. The minimum absolute atomic E-state index is 0.547. The zero-order chi connectivity index (χ0) is 14.8. The average Bonchev–Trinajstić information content (AvgIpc) is 2.86. The molecule has 1 nitrogen and oxygen atoms in total. The van der Waals surface area contributed by atoms with Crippen LogP contribution in [-0.2, 0) is 6.42 Å². The predicted octanol–water partition coefficient (Wildman–Crippen LogP) is 4.76. The summed E-state index contributed by atoms with van der Waals surface area (Å²) in [6, 6.07) is 2.33. The topological polar surface area (TPSA) is 26.0 Å². The monoisotopic (exact) mass is 273 g/mol. The highest BCUT2D eigenvalue weighted by molar-refractivity contribution is 5.44. The Labute approximate surface area is 125 Å². The molecule has 1 aromatic rings. The van der Waals surface area contributed by atoms with Crippen LogP contribution in [0.1, 0.15) is 66.3 Å². The Bertz CT molecular complexity index is 441. The first-order valence-corrected chi connectivity index (χ1v) is 8.25. The second-order valence-corrected chi connectivity index (χ2v) is 6.98. The molecule has 0 bridgehead atoms. The van der Waals surface area contributed by atoms with E-state index in [-0.39, 0.29) is 0 Å². The van der Waals surface area contributed by atoms with Crippen molar-refractivity contribution < 1.29 is 0 Å². The molecule has 1 saturated carbocycles. The van der Waals surface area contributed by atoms with E-state index in [4.69, 9.17) is 5.73 Å². The summed E-state index contributed by atoms with van der Waals surface area (Å²) in [4.78, 5) is 0. The van der Waals surface area contributed by atoms with E-state index in [9.17, 15) is 0 Å². The fraction of sp³-hybridized carbons (Fsp3) is 0.684. The molecule has 1 heteroatoms. The SMILES string of the molecule is Cc1cc(C)c(C)c(CCC2(CCN)CCCC2)c1C. The Balaban J connectivity index is 2.18. The minimum Gasteiger partial charge on any atom is -0.330 e. The van der Waals surface area contributed by atoms with Crippen molar-refractivity contribution in [1.29, 1.82) is 0 Å². The molecule has 1 aliphatic rings. The van der Waals surface area contributed by atoms with Crippen molar-refractivity contribution in [3.8, 4) is 0 Å². The Kier molecular flexibility index (Phi) is 4.90. The molecular formula is C19H31N. The summed E-state index contributed by atoms with van der Waals surface area (Å²) in [6.07, 6.45) is 9.39. The van der Waals surface area contributed by atoms with Crippen LogP contribution in [0.5, 0.6) is 0 Å². The Morgan fingerprint density at radius 3 is 2.00 bits per heavy atom. The Hall–Kier alpha value is -0.820. The van der Waals surface area contributed by atoms with Gasteiger partial charge in [-0.3, -0.25) is 0 Å². The second kappa shape index (κ2) is 6.30. The van der Waals surface area contributed by atoms with Gasteiger partial charge in [0.05, 0.1) is 0 Å². The summed E-state index contributed by atoms with van der Waals surface area (Å²) >= 11 is 0. The van der Waals surface area contributed by atoms with Crippen molar-refractivity contribution in [2.45, 2.75) is 72.6 Å². The molecule has 0 heterocycles. The van der Waals surface area contributed by atoms with Gasteiger partial charge in [-0.15, -0.1) is 0 Å². The quantitative estimate of drug-likeness (QED) is 0.822. The molecule has 20 heavy (non-hydrogen) atoms. The molecule has 1 aliphatic carbocycles. The molecule has 2 N–H and O–H groups in total. The molecule has 1 fully saturated rings. The van der Waals surface area contributed by atoms with Gasteiger partial charge in [0.2, 0.25) is 0 Å². The first-order valence-electron chi connectivity index (χ1n) is 8.25. The zero-order valence-electron chi connectivity index (χ0n) is 13.8. The van der Waals surface area contributed by atoms with Gasteiger partial charge in [0.25, 0.3) is 0 Å². The lowest BCUT2D eigenvalue weighted by molar-refractivity contribution is 0.253. The molecule has 112 valence electrons. The molecule has 0 atom stereocenters. The molecule has 1 aromatic carbocycles. The summed E-state index contributed by atoms with van der Waals surface area (Å²) in [7, 11) is 0. The first-order chi connectivity index (χ1) is 9.49. The summed E-state index contributed by atoms with van der Waals surface area (Å²) in [6.45, 7) is 9.93. The van der Waals surface area contributed by atoms with Crippen molar-refractivity contribution in [1.82, 2.24) is 0 Å². The number of hydrogen-bond acceptors (Lipinski definition) is 1. The highest BCUT2D eigenvalue weighted by atomic mass is 14.5. The summed E-state index contributed by atoms with van der Waals surface area (Å²) in [5.74, 6) is 0. The smallest absolute Gasteiger partial charge is 0.00720 e. The third-order valence-corrected chi connectivity index (χ3v) is 5.77. The largest absolute Gasteiger partial charge is 0.330 e. The number of nitrogens with two attached hydrogens (primary N) is 1. The van der Waals surface area contributed by atoms with Crippen LogP contribution in [0.25, 0.3) is 0 Å². The van der Waals surface area contributed by atoms with E-state index >= 15 is 0 Å². The molecule has 2 rings (SSSR count). The predicted molar refractivity (Wildman–Crippen MR) is 88.3 cm³/mol. The van der Waals surface area contributed by atoms with Crippen LogP contribution < -0.4 is 5.73 Å². The van der Waals surface area contributed by atoms with Gasteiger partial charge in [-0.05, 0) is 99.6 Å². The van der Waals surface area contributed by atoms with Gasteiger partial charge < -0.3 is 5.73 Å². The van der Waals surface area contributed by atoms with E-state index in [1.807, 2.05) is 0 Å².